The van der Waals surface area contributed by atoms with E-state index in [0.29, 0.717) is 48.5 Å². The topological polar surface area (TPSA) is 281 Å². The van der Waals surface area contributed by atoms with E-state index in [0.717, 1.165) is 66.5 Å². The summed E-state index contributed by atoms with van der Waals surface area (Å²) in [4.78, 5) is 83.1. The number of rotatable bonds is 30. The molecule has 4 aliphatic rings. The summed E-state index contributed by atoms with van der Waals surface area (Å²) in [6.45, 7) is 9.85. The molecule has 0 radical (unpaired) electrons. The van der Waals surface area contributed by atoms with Gasteiger partial charge >= 0.3 is 5.51 Å². The number of allylic oxidation sites excluding steroid dienone is 1. The van der Waals surface area contributed by atoms with E-state index in [2.05, 4.69) is 62.0 Å². The summed E-state index contributed by atoms with van der Waals surface area (Å²) in [7, 11) is -9.61. The maximum absolute atomic E-state index is 14.5. The number of carbonyl (C=O) groups is 6. The number of hydrogen-bond donors (Lipinski definition) is 4. The molecule has 98 heavy (non-hydrogen) atoms. The molecule has 0 spiro atoms. The van der Waals surface area contributed by atoms with E-state index in [1.165, 1.54) is 51.6 Å². The monoisotopic (exact) mass is 1430 g/mol. The lowest BCUT2D eigenvalue weighted by atomic mass is 9.73. The molecule has 2 saturated heterocycles. The molecule has 0 saturated carbocycles. The second kappa shape index (κ2) is 31.8. The second-order valence-electron chi connectivity index (χ2n) is 25.2. The molecule has 2 fully saturated rings. The first-order valence-corrected chi connectivity index (χ1v) is 36.4. The van der Waals surface area contributed by atoms with E-state index in [9.17, 15) is 58.8 Å². The van der Waals surface area contributed by atoms with Gasteiger partial charge < -0.3 is 29.9 Å². The van der Waals surface area contributed by atoms with Gasteiger partial charge in [0, 0.05) is 111 Å². The average Bonchev–Trinajstić information content (AvgIpc) is 1.41. The highest BCUT2D eigenvalue weighted by Gasteiger charge is 2.49. The van der Waals surface area contributed by atoms with Crippen LogP contribution in [0.4, 0.5) is 30.2 Å². The molecule has 23 nitrogen and oxygen atoms in total. The molecule has 1 aliphatic carbocycles. The minimum absolute atomic E-state index is 0.0106. The number of ether oxygens (including phenoxy) is 2. The highest BCUT2D eigenvalue weighted by molar-refractivity contribution is 7.99. The highest BCUT2D eigenvalue weighted by Crippen LogP contribution is 2.43. The summed E-state index contributed by atoms with van der Waals surface area (Å²) in [5, 5.41) is 17.2. The van der Waals surface area contributed by atoms with Gasteiger partial charge in [0.05, 0.1) is 54.3 Å². The maximum atomic E-state index is 14.5. The number of halogens is 4. The molecule has 30 heteroatoms. The van der Waals surface area contributed by atoms with Gasteiger partial charge in [0.1, 0.15) is 16.6 Å². The lowest BCUT2D eigenvalue weighted by molar-refractivity contribution is -0.136. The summed E-state index contributed by atoms with van der Waals surface area (Å²) in [6, 6.07) is 28.5. The van der Waals surface area contributed by atoms with Crippen LogP contribution in [-0.4, -0.2) is 178 Å². The second-order valence-corrected chi connectivity index (χ2v) is 30.3. The number of anilines is 3. The molecule has 0 bridgehead atoms. The van der Waals surface area contributed by atoms with Crippen molar-refractivity contribution in [1.29, 1.82) is 0 Å². The summed E-state index contributed by atoms with van der Waals surface area (Å²) in [5.41, 5.74) is -0.258. The van der Waals surface area contributed by atoms with E-state index in [1.807, 2.05) is 29.0 Å². The smallest absolute Gasteiger partial charge is 0.382 e. The van der Waals surface area contributed by atoms with Gasteiger partial charge in [-0.1, -0.05) is 72.6 Å². The number of piperidine rings is 1. The Morgan fingerprint density at radius 2 is 1.59 bits per heavy atom. The normalized spacial score (nSPS) is 17.2. The van der Waals surface area contributed by atoms with Crippen molar-refractivity contribution >= 4 is 101 Å². The van der Waals surface area contributed by atoms with Crippen LogP contribution in [-0.2, 0) is 56.9 Å². The predicted octanol–water partition coefficient (Wildman–Crippen LogP) is 9.08. The first-order valence-electron chi connectivity index (χ1n) is 32.1. The molecule has 2 atom stereocenters. The minimum atomic E-state index is -6.21. The molecule has 1 aromatic heterocycles. The lowest BCUT2D eigenvalue weighted by Gasteiger charge is -2.39. The third-order valence-corrected chi connectivity index (χ3v) is 21.8. The Hall–Kier alpha value is -8.19. The molecule has 4 heterocycles. The van der Waals surface area contributed by atoms with Gasteiger partial charge in [0.15, 0.2) is 0 Å². The van der Waals surface area contributed by atoms with Crippen LogP contribution in [0.15, 0.2) is 142 Å². The number of hydrogen-bond acceptors (Lipinski definition) is 19. The molecule has 6 amide bonds. The van der Waals surface area contributed by atoms with Gasteiger partial charge in [0.2, 0.25) is 17.7 Å². The van der Waals surface area contributed by atoms with Crippen LogP contribution in [0.3, 0.4) is 0 Å². The van der Waals surface area contributed by atoms with Crippen LogP contribution < -0.4 is 25.6 Å². The van der Waals surface area contributed by atoms with Crippen molar-refractivity contribution in [3.63, 3.8) is 0 Å². The Morgan fingerprint density at radius 3 is 2.32 bits per heavy atom. The standard InChI is InChI=1S/C68H77ClF3N11O12S3/c1-67(2)28-26-54(45-14-18-48(69)19-15-45)47(40-67)41-80-32-34-81(35-33-80)51-20-16-46(17-21-51)63(86)77-98(92,93)53-22-23-56(59(39-53)97(90,91)68(70,71)72)74-49(44-96-52-9-5-4-6-10-52)27-31-79(3)61(85)13-8-30-82-42-50(76-78-82)43-95-38-37-94-36-29-73-57-12-7-11-55-62(57)66(89)83(65(55)88)58-24-25-60(84)75-64(58)87/h4-7,9-12,14-23,39,42,49,58,73-74H,8,13,24-38,40-41,43-44H2,1-3H3,(H,77,86)(H,75,84,87)/t49-,58?/m1/s1. The van der Waals surface area contributed by atoms with E-state index < -0.39 is 82.5 Å². The number of thioether (sulfide) groups is 1. The van der Waals surface area contributed by atoms with Gasteiger partial charge in [-0.25, -0.2) is 21.6 Å². The minimum Gasteiger partial charge on any atom is -0.382 e. The van der Waals surface area contributed by atoms with Crippen LogP contribution in [0.25, 0.3) is 5.57 Å². The summed E-state index contributed by atoms with van der Waals surface area (Å²) >= 11 is 7.54. The van der Waals surface area contributed by atoms with Crippen molar-refractivity contribution in [3.8, 4) is 0 Å². The number of sulfone groups is 1. The number of nitrogens with zero attached hydrogens (tertiary/aromatic N) is 7. The predicted molar refractivity (Wildman–Crippen MR) is 364 cm³/mol. The zero-order chi connectivity index (χ0) is 69.9. The van der Waals surface area contributed by atoms with Crippen LogP contribution in [0, 0.1) is 5.41 Å². The van der Waals surface area contributed by atoms with Crippen LogP contribution in [0.2, 0.25) is 5.02 Å². The van der Waals surface area contributed by atoms with Crippen molar-refractivity contribution in [2.45, 2.75) is 111 Å². The first-order chi connectivity index (χ1) is 46.7. The van der Waals surface area contributed by atoms with Crippen molar-refractivity contribution in [3.05, 3.63) is 160 Å². The number of alkyl halides is 3. The number of aromatic nitrogens is 3. The Labute approximate surface area is 576 Å². The number of nitrogens with one attached hydrogen (secondary N) is 4. The van der Waals surface area contributed by atoms with Crippen molar-refractivity contribution < 1.29 is 68.2 Å². The van der Waals surface area contributed by atoms with Gasteiger partial charge in [-0.3, -0.25) is 48.6 Å². The van der Waals surface area contributed by atoms with E-state index in [-0.39, 0.29) is 99.0 Å². The molecule has 522 valence electrons. The van der Waals surface area contributed by atoms with Gasteiger partial charge in [0.25, 0.3) is 37.6 Å². The molecular formula is C68H77ClF3N11O12S3. The third kappa shape index (κ3) is 18.2. The van der Waals surface area contributed by atoms with Crippen LogP contribution in [0.5, 0.6) is 0 Å². The van der Waals surface area contributed by atoms with Crippen molar-refractivity contribution in [1.82, 2.24) is 39.7 Å². The fourth-order valence-electron chi connectivity index (χ4n) is 12.2. The SMILES string of the molecule is CN(CC[C@H](CSc1ccccc1)Nc1ccc(S(=O)(=O)NC(=O)c2ccc(N3CCN(CC4=C(c5ccc(Cl)cc5)CCC(C)(C)C4)CC3)cc2)cc1S(=O)(=O)C(F)(F)F)C(=O)CCCn1cc(COCCOCCNc2cccc3c2C(=O)N(C2CCC(=O)NC2=O)C3=O)nn1. The fourth-order valence-corrected chi connectivity index (χ4v) is 15.4. The van der Waals surface area contributed by atoms with Crippen LogP contribution >= 0.6 is 23.4 Å². The Kier molecular flexibility index (Phi) is 23.5. The summed E-state index contributed by atoms with van der Waals surface area (Å²) in [5.74, 6) is -3.55. The quantitative estimate of drug-likeness (QED) is 0.0186. The molecule has 1 unspecified atom stereocenters. The molecule has 10 rings (SSSR count). The van der Waals surface area contributed by atoms with E-state index >= 15 is 0 Å². The lowest BCUT2D eigenvalue weighted by Crippen LogP contribution is -2.54. The Morgan fingerprint density at radius 1 is 0.857 bits per heavy atom. The fraction of sp³-hybridized carbons (Fsp3) is 0.412. The van der Waals surface area contributed by atoms with Gasteiger partial charge in [-0.15, -0.1) is 16.9 Å². The summed E-state index contributed by atoms with van der Waals surface area (Å²) in [6.07, 6.45) is 5.36. The largest absolute Gasteiger partial charge is 0.501 e. The number of carbonyl (C=O) groups excluding carboxylic acids is 6. The molecular weight excluding hydrogens is 1350 g/mol. The molecule has 4 N–H and O–H groups in total. The summed E-state index contributed by atoms with van der Waals surface area (Å²) < 4.78 is 113. The van der Waals surface area contributed by atoms with E-state index in [1.54, 1.807) is 60.4 Å². The zero-order valence-corrected chi connectivity index (χ0v) is 57.5. The first kappa shape index (κ1) is 72.6. The number of aryl methyl sites for hydroxylation is 1. The Bertz CT molecular complexity index is 4180. The molecule has 3 aliphatic heterocycles. The average molecular weight is 1430 g/mol. The number of amides is 6. The Balaban J connectivity index is 0.683. The molecule has 5 aromatic carbocycles. The number of benzene rings is 5. The van der Waals surface area contributed by atoms with E-state index in [4.69, 9.17) is 21.1 Å². The number of imide groups is 2. The highest BCUT2D eigenvalue weighted by atomic mass is 35.5. The molecule has 6 aromatic rings. The van der Waals surface area contributed by atoms with Gasteiger partial charge in [-0.05, 0) is 134 Å². The number of sulfonamides is 1. The van der Waals surface area contributed by atoms with Crippen LogP contribution in [0.1, 0.15) is 108 Å². The number of fused-ring (bicyclic) bond motifs is 1. The number of piperazine rings is 1. The third-order valence-electron chi connectivity index (χ3n) is 17.5. The maximum Gasteiger partial charge on any atom is 0.501 e. The van der Waals surface area contributed by atoms with Gasteiger partial charge in [-0.2, -0.15) is 13.2 Å². The van der Waals surface area contributed by atoms with Crippen molar-refractivity contribution in [2.75, 3.05) is 94.0 Å². The van der Waals surface area contributed by atoms with Crippen molar-refractivity contribution in [2.24, 2.45) is 5.41 Å². The zero-order valence-electron chi connectivity index (χ0n) is 54.3.